The van der Waals surface area contributed by atoms with E-state index in [1.807, 2.05) is 23.3 Å². The maximum absolute atomic E-state index is 12.7. The quantitative estimate of drug-likeness (QED) is 0.869. The molecule has 0 spiro atoms. The summed E-state index contributed by atoms with van der Waals surface area (Å²) in [5.41, 5.74) is 1.92. The van der Waals surface area contributed by atoms with Gasteiger partial charge in [0, 0.05) is 24.0 Å². The Hall–Kier alpha value is -1.24. The maximum Gasteiger partial charge on any atom is 0.266 e. The summed E-state index contributed by atoms with van der Waals surface area (Å²) in [5, 5.41) is 5.02. The smallest absolute Gasteiger partial charge is 0.266 e. The van der Waals surface area contributed by atoms with E-state index >= 15 is 0 Å². The summed E-state index contributed by atoms with van der Waals surface area (Å²) < 4.78 is 5.63. The largest absolute Gasteiger partial charge is 0.375 e. The van der Waals surface area contributed by atoms with E-state index < -0.39 is 0 Å². The van der Waals surface area contributed by atoms with E-state index in [0.29, 0.717) is 19.7 Å². The monoisotopic (exact) mass is 322 g/mol. The molecule has 4 nitrogen and oxygen atoms in total. The van der Waals surface area contributed by atoms with E-state index in [4.69, 9.17) is 4.74 Å². The number of thiazole rings is 1. The van der Waals surface area contributed by atoms with Crippen molar-refractivity contribution >= 4 is 28.6 Å². The van der Waals surface area contributed by atoms with Crippen LogP contribution in [0.4, 0.5) is 0 Å². The number of rotatable bonds is 3. The average molecular weight is 322 g/mol. The molecule has 2 aromatic rings. The first-order valence-corrected chi connectivity index (χ1v) is 8.86. The third kappa shape index (κ3) is 3.02. The van der Waals surface area contributed by atoms with Crippen molar-refractivity contribution in [1.82, 2.24) is 9.88 Å². The van der Waals surface area contributed by atoms with Gasteiger partial charge in [-0.1, -0.05) is 6.92 Å². The Kier molecular flexibility index (Phi) is 4.37. The van der Waals surface area contributed by atoms with Gasteiger partial charge in [0.25, 0.3) is 5.91 Å². The molecule has 3 rings (SSSR count). The van der Waals surface area contributed by atoms with Crippen LogP contribution in [-0.4, -0.2) is 41.6 Å². The second-order valence-corrected chi connectivity index (χ2v) is 6.88. The summed E-state index contributed by atoms with van der Waals surface area (Å²) in [6, 6.07) is 2.04. The molecule has 112 valence electrons. The Labute approximate surface area is 132 Å². The summed E-state index contributed by atoms with van der Waals surface area (Å²) >= 11 is 3.14. The van der Waals surface area contributed by atoms with Crippen molar-refractivity contribution in [2.24, 2.45) is 0 Å². The van der Waals surface area contributed by atoms with Crippen LogP contribution in [0.2, 0.25) is 0 Å². The first kappa shape index (κ1) is 14.7. The van der Waals surface area contributed by atoms with Crippen LogP contribution >= 0.6 is 22.7 Å². The second-order valence-electron chi connectivity index (χ2n) is 5.10. The topological polar surface area (TPSA) is 42.4 Å². The van der Waals surface area contributed by atoms with E-state index in [2.05, 4.69) is 17.3 Å². The van der Waals surface area contributed by atoms with E-state index in [0.717, 1.165) is 27.6 Å². The molecule has 21 heavy (non-hydrogen) atoms. The molecule has 3 heterocycles. The SMILES string of the molecule is CC[C@@H]1CN(C(=O)c2sc(-c3ccsc3)nc2C)CCO1. The zero-order chi connectivity index (χ0) is 14.8. The summed E-state index contributed by atoms with van der Waals surface area (Å²) in [4.78, 5) is 19.9. The number of carbonyl (C=O) groups is 1. The molecule has 1 amide bonds. The lowest BCUT2D eigenvalue weighted by Gasteiger charge is -2.32. The lowest BCUT2D eigenvalue weighted by molar-refractivity contribution is -0.0224. The molecule has 0 aliphatic carbocycles. The fourth-order valence-corrected chi connectivity index (χ4v) is 4.14. The molecule has 6 heteroatoms. The minimum absolute atomic E-state index is 0.0910. The highest BCUT2D eigenvalue weighted by Gasteiger charge is 2.27. The second kappa shape index (κ2) is 6.25. The fourth-order valence-electron chi connectivity index (χ4n) is 2.40. The summed E-state index contributed by atoms with van der Waals surface area (Å²) in [6.07, 6.45) is 1.10. The van der Waals surface area contributed by atoms with Gasteiger partial charge < -0.3 is 9.64 Å². The van der Waals surface area contributed by atoms with E-state index in [1.165, 1.54) is 11.3 Å². The minimum Gasteiger partial charge on any atom is -0.375 e. The van der Waals surface area contributed by atoms with E-state index in [-0.39, 0.29) is 12.0 Å². The molecule has 1 saturated heterocycles. The first-order valence-electron chi connectivity index (χ1n) is 7.10. The highest BCUT2D eigenvalue weighted by Crippen LogP contribution is 2.30. The molecule has 1 fully saturated rings. The van der Waals surface area contributed by atoms with Gasteiger partial charge in [-0.2, -0.15) is 11.3 Å². The van der Waals surface area contributed by atoms with Gasteiger partial charge in [0.2, 0.25) is 0 Å². The minimum atomic E-state index is 0.0910. The number of thiophene rings is 1. The van der Waals surface area contributed by atoms with Crippen molar-refractivity contribution in [3.63, 3.8) is 0 Å². The summed E-state index contributed by atoms with van der Waals surface area (Å²) in [6.45, 7) is 5.98. The number of aryl methyl sites for hydroxylation is 1. The van der Waals surface area contributed by atoms with Gasteiger partial charge in [-0.25, -0.2) is 4.98 Å². The van der Waals surface area contributed by atoms with Crippen molar-refractivity contribution in [2.45, 2.75) is 26.4 Å². The van der Waals surface area contributed by atoms with Gasteiger partial charge in [-0.15, -0.1) is 11.3 Å². The first-order chi connectivity index (χ1) is 10.2. The molecule has 1 aliphatic heterocycles. The number of amides is 1. The van der Waals surface area contributed by atoms with Crippen LogP contribution in [0.25, 0.3) is 10.6 Å². The third-order valence-electron chi connectivity index (χ3n) is 3.64. The van der Waals surface area contributed by atoms with Crippen molar-refractivity contribution < 1.29 is 9.53 Å². The molecule has 0 aromatic carbocycles. The van der Waals surface area contributed by atoms with Crippen molar-refractivity contribution in [3.05, 3.63) is 27.4 Å². The molecule has 1 aliphatic rings. The number of aromatic nitrogens is 1. The van der Waals surface area contributed by atoms with Crippen LogP contribution < -0.4 is 0 Å². The van der Waals surface area contributed by atoms with Gasteiger partial charge in [0.15, 0.2) is 0 Å². The van der Waals surface area contributed by atoms with Crippen molar-refractivity contribution in [3.8, 4) is 10.6 Å². The average Bonchev–Trinajstić information content (AvgIpc) is 3.16. The molecular formula is C15H18N2O2S2. The van der Waals surface area contributed by atoms with Gasteiger partial charge in [-0.3, -0.25) is 4.79 Å². The van der Waals surface area contributed by atoms with Gasteiger partial charge in [0.1, 0.15) is 9.88 Å². The Balaban J connectivity index is 1.81. The number of carbonyl (C=O) groups excluding carboxylic acids is 1. The molecule has 0 saturated carbocycles. The normalized spacial score (nSPS) is 19.0. The Morgan fingerprint density at radius 3 is 3.14 bits per heavy atom. The fraction of sp³-hybridized carbons (Fsp3) is 0.467. The molecule has 2 aromatic heterocycles. The van der Waals surface area contributed by atoms with Crippen molar-refractivity contribution in [2.75, 3.05) is 19.7 Å². The van der Waals surface area contributed by atoms with Gasteiger partial charge in [-0.05, 0) is 24.8 Å². The number of morpholine rings is 1. The highest BCUT2D eigenvalue weighted by molar-refractivity contribution is 7.17. The highest BCUT2D eigenvalue weighted by atomic mass is 32.1. The number of hydrogen-bond donors (Lipinski definition) is 0. The lowest BCUT2D eigenvalue weighted by Crippen LogP contribution is -2.45. The van der Waals surface area contributed by atoms with Gasteiger partial charge >= 0.3 is 0 Å². The standard InChI is InChI=1S/C15H18N2O2S2/c1-3-12-8-17(5-6-19-12)15(18)13-10(2)16-14(21-13)11-4-7-20-9-11/h4,7,9,12H,3,5-6,8H2,1-2H3/t12-/m1/s1. The van der Waals surface area contributed by atoms with Crippen LogP contribution in [0.1, 0.15) is 28.7 Å². The Morgan fingerprint density at radius 2 is 2.43 bits per heavy atom. The zero-order valence-electron chi connectivity index (χ0n) is 12.2. The van der Waals surface area contributed by atoms with E-state index in [9.17, 15) is 4.79 Å². The summed E-state index contributed by atoms with van der Waals surface area (Å²) in [7, 11) is 0. The van der Waals surface area contributed by atoms with Crippen molar-refractivity contribution in [1.29, 1.82) is 0 Å². The molecule has 0 bridgehead atoms. The molecule has 1 atom stereocenters. The zero-order valence-corrected chi connectivity index (χ0v) is 13.8. The molecular weight excluding hydrogens is 304 g/mol. The van der Waals surface area contributed by atoms with Gasteiger partial charge in [0.05, 0.1) is 18.4 Å². The van der Waals surface area contributed by atoms with Crippen LogP contribution in [0, 0.1) is 6.92 Å². The van der Waals surface area contributed by atoms with Crippen LogP contribution in [0.3, 0.4) is 0 Å². The Bertz CT molecular complexity index is 622. The molecule has 0 radical (unpaired) electrons. The lowest BCUT2D eigenvalue weighted by atomic mass is 10.2. The predicted molar refractivity (Wildman–Crippen MR) is 86.1 cm³/mol. The third-order valence-corrected chi connectivity index (χ3v) is 5.52. The number of hydrogen-bond acceptors (Lipinski definition) is 5. The number of nitrogens with zero attached hydrogens (tertiary/aromatic N) is 2. The Morgan fingerprint density at radius 1 is 1.57 bits per heavy atom. The maximum atomic E-state index is 12.7. The van der Waals surface area contributed by atoms with Crippen LogP contribution in [0.5, 0.6) is 0 Å². The molecule has 0 N–H and O–H groups in total. The van der Waals surface area contributed by atoms with E-state index in [1.54, 1.807) is 11.3 Å². The van der Waals surface area contributed by atoms with Crippen LogP contribution in [-0.2, 0) is 4.74 Å². The predicted octanol–water partition coefficient (Wildman–Crippen LogP) is 3.43. The van der Waals surface area contributed by atoms with Crippen LogP contribution in [0.15, 0.2) is 16.8 Å². The number of ether oxygens (including phenoxy) is 1. The summed E-state index contributed by atoms with van der Waals surface area (Å²) in [5.74, 6) is 0.0910. The molecule has 0 unspecified atom stereocenters.